The lowest BCUT2D eigenvalue weighted by atomic mass is 10.2. The Bertz CT molecular complexity index is 895. The molecule has 3 aromatic rings. The summed E-state index contributed by atoms with van der Waals surface area (Å²) in [5, 5.41) is 7.48. The molecule has 2 heterocycles. The first-order valence-electron chi connectivity index (χ1n) is 8.36. The van der Waals surface area contributed by atoms with Gasteiger partial charge in [-0.2, -0.15) is 5.10 Å². The molecule has 0 fully saturated rings. The van der Waals surface area contributed by atoms with Gasteiger partial charge in [0.2, 0.25) is 0 Å². The van der Waals surface area contributed by atoms with Crippen LogP contribution in [0.5, 0.6) is 0 Å². The van der Waals surface area contributed by atoms with Crippen LogP contribution < -0.4 is 5.32 Å². The maximum atomic E-state index is 13.3. The molecule has 6 nitrogen and oxygen atoms in total. The molecule has 0 radical (unpaired) electrons. The minimum Gasteiger partial charge on any atom is -0.349 e. The number of halogens is 1. The molecule has 0 aliphatic heterocycles. The van der Waals surface area contributed by atoms with Gasteiger partial charge in [0.15, 0.2) is 0 Å². The van der Waals surface area contributed by atoms with E-state index in [0.29, 0.717) is 23.6 Å². The third-order valence-corrected chi connectivity index (χ3v) is 4.06. The lowest BCUT2D eigenvalue weighted by Crippen LogP contribution is -2.32. The van der Waals surface area contributed by atoms with Crippen molar-refractivity contribution in [3.05, 3.63) is 60.2 Å². The normalized spacial score (nSPS) is 11.1. The van der Waals surface area contributed by atoms with E-state index in [1.54, 1.807) is 22.9 Å². The first-order valence-corrected chi connectivity index (χ1v) is 8.36. The minimum atomic E-state index is -0.333. The van der Waals surface area contributed by atoms with Gasteiger partial charge >= 0.3 is 0 Å². The highest BCUT2D eigenvalue weighted by Gasteiger charge is 2.18. The van der Waals surface area contributed by atoms with Gasteiger partial charge in [-0.25, -0.2) is 9.07 Å². The van der Waals surface area contributed by atoms with Crippen molar-refractivity contribution >= 4 is 5.91 Å². The average Bonchev–Trinajstić information content (AvgIpc) is 3.21. The highest BCUT2D eigenvalue weighted by molar-refractivity contribution is 5.94. The molecular formula is C19H22FN5O. The number of hydrogen-bond acceptors (Lipinski definition) is 3. The second-order valence-corrected chi connectivity index (χ2v) is 6.37. The fourth-order valence-electron chi connectivity index (χ4n) is 2.66. The fraction of sp³-hybridized carbons (Fsp3) is 0.263. The second-order valence-electron chi connectivity index (χ2n) is 6.37. The molecule has 0 unspecified atom stereocenters. The van der Waals surface area contributed by atoms with Crippen LogP contribution in [0, 0.1) is 5.82 Å². The third kappa shape index (κ3) is 3.83. The summed E-state index contributed by atoms with van der Waals surface area (Å²) >= 11 is 0. The van der Waals surface area contributed by atoms with Gasteiger partial charge in [0.05, 0.1) is 11.4 Å². The molecule has 0 spiro atoms. The van der Waals surface area contributed by atoms with Crippen LogP contribution >= 0.6 is 0 Å². The van der Waals surface area contributed by atoms with Crippen molar-refractivity contribution in [1.29, 1.82) is 0 Å². The summed E-state index contributed by atoms with van der Waals surface area (Å²) < 4.78 is 16.8. The van der Waals surface area contributed by atoms with Crippen LogP contribution in [0.3, 0.4) is 0 Å². The van der Waals surface area contributed by atoms with E-state index in [1.165, 1.54) is 12.1 Å². The van der Waals surface area contributed by atoms with Crippen molar-refractivity contribution in [3.63, 3.8) is 0 Å². The van der Waals surface area contributed by atoms with Gasteiger partial charge in [-0.15, -0.1) is 0 Å². The Morgan fingerprint density at radius 1 is 1.23 bits per heavy atom. The first-order chi connectivity index (χ1) is 12.5. The molecule has 0 saturated carbocycles. The second kappa shape index (κ2) is 7.53. The van der Waals surface area contributed by atoms with Gasteiger partial charge in [-0.1, -0.05) is 0 Å². The van der Waals surface area contributed by atoms with Crippen molar-refractivity contribution in [2.45, 2.75) is 0 Å². The van der Waals surface area contributed by atoms with Crippen LogP contribution in [0.2, 0.25) is 0 Å². The number of nitrogens with zero attached hydrogens (tertiary/aromatic N) is 4. The molecule has 2 aromatic heterocycles. The topological polar surface area (TPSA) is 55.1 Å². The number of hydrogen-bond donors (Lipinski definition) is 1. The smallest absolute Gasteiger partial charge is 0.270 e. The molecule has 1 amide bonds. The number of aromatic nitrogens is 3. The Kier molecular flexibility index (Phi) is 5.18. The lowest BCUT2D eigenvalue weighted by molar-refractivity contribution is 0.0943. The number of benzene rings is 1. The van der Waals surface area contributed by atoms with Gasteiger partial charge in [0, 0.05) is 26.3 Å². The molecule has 0 aliphatic carbocycles. The first kappa shape index (κ1) is 17.9. The number of nitrogens with one attached hydrogen (secondary N) is 1. The summed E-state index contributed by atoms with van der Waals surface area (Å²) in [5.41, 5.74) is 2.61. The Morgan fingerprint density at radius 3 is 2.58 bits per heavy atom. The van der Waals surface area contributed by atoms with Crippen molar-refractivity contribution in [3.8, 4) is 17.1 Å². The summed E-state index contributed by atoms with van der Waals surface area (Å²) in [6, 6.07) is 11.5. The zero-order chi connectivity index (χ0) is 18.7. The summed E-state index contributed by atoms with van der Waals surface area (Å²) in [5.74, 6) is -0.551. The predicted molar refractivity (Wildman–Crippen MR) is 98.8 cm³/mol. The van der Waals surface area contributed by atoms with Crippen molar-refractivity contribution in [2.75, 3.05) is 27.2 Å². The van der Waals surface area contributed by atoms with Crippen LogP contribution in [0.25, 0.3) is 17.1 Å². The quantitative estimate of drug-likeness (QED) is 0.738. The van der Waals surface area contributed by atoms with Crippen molar-refractivity contribution in [1.82, 2.24) is 24.6 Å². The number of likely N-dealkylation sites (N-methyl/N-ethyl adjacent to an activating group) is 1. The summed E-state index contributed by atoms with van der Waals surface area (Å²) in [6.07, 6.45) is 1.92. The van der Waals surface area contributed by atoms with Gasteiger partial charge < -0.3 is 14.8 Å². The summed E-state index contributed by atoms with van der Waals surface area (Å²) in [7, 11) is 5.81. The van der Waals surface area contributed by atoms with Crippen molar-refractivity contribution < 1.29 is 9.18 Å². The Morgan fingerprint density at radius 2 is 1.96 bits per heavy atom. The third-order valence-electron chi connectivity index (χ3n) is 4.06. The molecule has 1 aromatic carbocycles. The van der Waals surface area contributed by atoms with E-state index in [1.807, 2.05) is 48.9 Å². The van der Waals surface area contributed by atoms with E-state index in [2.05, 4.69) is 10.4 Å². The van der Waals surface area contributed by atoms with Crippen LogP contribution in [0.1, 0.15) is 10.5 Å². The van der Waals surface area contributed by atoms with Gasteiger partial charge in [-0.3, -0.25) is 4.79 Å². The highest BCUT2D eigenvalue weighted by Crippen LogP contribution is 2.22. The molecule has 0 atom stereocenters. The van der Waals surface area contributed by atoms with E-state index in [0.717, 1.165) is 12.2 Å². The van der Waals surface area contributed by atoms with Crippen LogP contribution in [0.4, 0.5) is 4.39 Å². The van der Waals surface area contributed by atoms with Gasteiger partial charge in [0.1, 0.15) is 17.2 Å². The molecule has 7 heteroatoms. The molecule has 136 valence electrons. The molecular weight excluding hydrogens is 333 g/mol. The van der Waals surface area contributed by atoms with E-state index in [9.17, 15) is 9.18 Å². The minimum absolute atomic E-state index is 0.218. The predicted octanol–water partition coefficient (Wildman–Crippen LogP) is 2.31. The molecule has 3 rings (SSSR count). The maximum Gasteiger partial charge on any atom is 0.270 e. The zero-order valence-electron chi connectivity index (χ0n) is 15.1. The van der Waals surface area contributed by atoms with Gasteiger partial charge in [-0.05, 0) is 56.6 Å². The monoisotopic (exact) mass is 355 g/mol. The van der Waals surface area contributed by atoms with Crippen molar-refractivity contribution in [2.24, 2.45) is 7.05 Å². The lowest BCUT2D eigenvalue weighted by Gasteiger charge is -2.11. The average molecular weight is 355 g/mol. The molecule has 0 saturated heterocycles. The van der Waals surface area contributed by atoms with E-state index in [4.69, 9.17) is 0 Å². The Hall–Kier alpha value is -2.93. The van der Waals surface area contributed by atoms with Gasteiger partial charge in [0.25, 0.3) is 5.91 Å². The largest absolute Gasteiger partial charge is 0.349 e. The van der Waals surface area contributed by atoms with E-state index < -0.39 is 0 Å². The fourth-order valence-corrected chi connectivity index (χ4v) is 2.66. The van der Waals surface area contributed by atoms with Crippen LogP contribution in [-0.4, -0.2) is 52.3 Å². The number of amides is 1. The van der Waals surface area contributed by atoms with Crippen LogP contribution in [0.15, 0.2) is 48.7 Å². The Labute approximate surface area is 151 Å². The number of carbonyl (C=O) groups is 1. The number of rotatable bonds is 6. The highest BCUT2D eigenvalue weighted by atomic mass is 19.1. The molecule has 0 aliphatic rings. The summed E-state index contributed by atoms with van der Waals surface area (Å²) in [6.45, 7) is 1.26. The number of carbonyl (C=O) groups excluding carboxylic acids is 1. The SMILES string of the molecule is CN(C)CCNC(=O)c1cc(-c2cccn2C)nn1-c1ccc(F)cc1. The van der Waals surface area contributed by atoms with E-state index >= 15 is 0 Å². The van der Waals surface area contributed by atoms with Crippen LogP contribution in [-0.2, 0) is 7.05 Å². The zero-order valence-corrected chi connectivity index (χ0v) is 15.1. The van der Waals surface area contributed by atoms with E-state index in [-0.39, 0.29) is 11.7 Å². The molecule has 1 N–H and O–H groups in total. The molecule has 0 bridgehead atoms. The number of aryl methyl sites for hydroxylation is 1. The Balaban J connectivity index is 1.97. The molecule has 26 heavy (non-hydrogen) atoms. The maximum absolute atomic E-state index is 13.3. The summed E-state index contributed by atoms with van der Waals surface area (Å²) in [4.78, 5) is 14.7. The standard InChI is InChI=1S/C19H22FN5O/c1-23(2)12-10-21-19(26)18-13-16(17-5-4-11-24(17)3)22-25(18)15-8-6-14(20)7-9-15/h4-9,11,13H,10,12H2,1-3H3,(H,21,26).